The van der Waals surface area contributed by atoms with Crippen LogP contribution in [-0.2, 0) is 6.18 Å². The van der Waals surface area contributed by atoms with Crippen molar-refractivity contribution in [3.8, 4) is 0 Å². The third-order valence-electron chi connectivity index (χ3n) is 5.01. The lowest BCUT2D eigenvalue weighted by molar-refractivity contribution is -0.137. The molecular weight excluding hydrogens is 383 g/mol. The maximum Gasteiger partial charge on any atom is 0.416 e. The number of hydrogen-bond donors (Lipinski definition) is 1. The largest absolute Gasteiger partial charge is 0.449 e. The van der Waals surface area contributed by atoms with Crippen LogP contribution in [0, 0.1) is 6.92 Å². The van der Waals surface area contributed by atoms with Gasteiger partial charge in [0, 0.05) is 24.8 Å². The van der Waals surface area contributed by atoms with Gasteiger partial charge in [0.05, 0.1) is 16.9 Å². The van der Waals surface area contributed by atoms with E-state index in [9.17, 15) is 18.0 Å². The molecule has 1 fully saturated rings. The van der Waals surface area contributed by atoms with Gasteiger partial charge in [-0.3, -0.25) is 4.79 Å². The van der Waals surface area contributed by atoms with Crippen LogP contribution in [-0.4, -0.2) is 24.0 Å². The highest BCUT2D eigenvalue weighted by atomic mass is 19.4. The SMILES string of the molecule is Cc1ccc2oc(C(=O)Nc3cc(C(F)(F)F)ccc3N3CCCCC3)cc2n1. The van der Waals surface area contributed by atoms with E-state index in [0.717, 1.165) is 50.2 Å². The monoisotopic (exact) mass is 403 g/mol. The molecule has 0 atom stereocenters. The van der Waals surface area contributed by atoms with Crippen molar-refractivity contribution in [2.45, 2.75) is 32.4 Å². The normalized spacial score (nSPS) is 15.0. The van der Waals surface area contributed by atoms with Crippen molar-refractivity contribution in [3.05, 3.63) is 53.4 Å². The summed E-state index contributed by atoms with van der Waals surface area (Å²) in [5, 5.41) is 2.61. The Bertz CT molecular complexity index is 1050. The first-order chi connectivity index (χ1) is 13.8. The summed E-state index contributed by atoms with van der Waals surface area (Å²) < 4.78 is 45.2. The number of anilines is 2. The van der Waals surface area contributed by atoms with E-state index >= 15 is 0 Å². The Morgan fingerprint density at radius 2 is 1.86 bits per heavy atom. The minimum Gasteiger partial charge on any atom is -0.449 e. The number of furan rings is 1. The van der Waals surface area contributed by atoms with E-state index < -0.39 is 17.6 Å². The third kappa shape index (κ3) is 4.06. The predicted molar refractivity (Wildman–Crippen MR) is 104 cm³/mol. The molecular formula is C21H20F3N3O2. The number of carbonyl (C=O) groups is 1. The summed E-state index contributed by atoms with van der Waals surface area (Å²) in [4.78, 5) is 19.0. The Morgan fingerprint density at radius 3 is 2.59 bits per heavy atom. The third-order valence-corrected chi connectivity index (χ3v) is 5.01. The van der Waals surface area contributed by atoms with Gasteiger partial charge in [-0.2, -0.15) is 13.2 Å². The summed E-state index contributed by atoms with van der Waals surface area (Å²) in [5.74, 6) is -0.613. The van der Waals surface area contributed by atoms with Crippen molar-refractivity contribution < 1.29 is 22.4 Å². The van der Waals surface area contributed by atoms with E-state index in [-0.39, 0.29) is 11.4 Å². The molecule has 2 aromatic heterocycles. The van der Waals surface area contributed by atoms with Gasteiger partial charge in [0.1, 0.15) is 5.52 Å². The van der Waals surface area contributed by atoms with Gasteiger partial charge in [-0.15, -0.1) is 0 Å². The zero-order valence-electron chi connectivity index (χ0n) is 15.8. The molecule has 8 heteroatoms. The van der Waals surface area contributed by atoms with Crippen LogP contribution >= 0.6 is 0 Å². The number of carbonyl (C=O) groups excluding carboxylic acids is 1. The number of alkyl halides is 3. The van der Waals surface area contributed by atoms with Gasteiger partial charge in [-0.05, 0) is 56.5 Å². The smallest absolute Gasteiger partial charge is 0.416 e. The number of aromatic nitrogens is 1. The van der Waals surface area contributed by atoms with E-state index in [1.54, 1.807) is 12.1 Å². The van der Waals surface area contributed by atoms with Crippen LogP contribution in [0.15, 0.2) is 40.8 Å². The number of fused-ring (bicyclic) bond motifs is 1. The summed E-state index contributed by atoms with van der Waals surface area (Å²) in [6, 6.07) is 8.41. The Labute approximate surface area is 165 Å². The molecule has 0 radical (unpaired) electrons. The first-order valence-corrected chi connectivity index (χ1v) is 9.46. The summed E-state index contributed by atoms with van der Waals surface area (Å²) in [6.45, 7) is 3.30. The molecule has 1 amide bonds. The molecule has 0 unspecified atom stereocenters. The maximum absolute atomic E-state index is 13.2. The Balaban J connectivity index is 1.68. The van der Waals surface area contributed by atoms with Gasteiger partial charge in [0.25, 0.3) is 5.91 Å². The molecule has 0 spiro atoms. The highest BCUT2D eigenvalue weighted by Gasteiger charge is 2.32. The molecule has 1 aromatic carbocycles. The van der Waals surface area contributed by atoms with Gasteiger partial charge in [0.15, 0.2) is 11.3 Å². The number of nitrogens with zero attached hydrogens (tertiary/aromatic N) is 2. The second-order valence-electron chi connectivity index (χ2n) is 7.18. The van der Waals surface area contributed by atoms with Crippen LogP contribution in [0.3, 0.4) is 0 Å². The van der Waals surface area contributed by atoms with Crippen LogP contribution in [0.4, 0.5) is 24.5 Å². The van der Waals surface area contributed by atoms with Crippen LogP contribution in [0.2, 0.25) is 0 Å². The molecule has 3 aromatic rings. The van der Waals surface area contributed by atoms with Gasteiger partial charge in [-0.25, -0.2) is 4.98 Å². The van der Waals surface area contributed by atoms with E-state index in [1.165, 1.54) is 12.1 Å². The molecule has 1 aliphatic heterocycles. The first-order valence-electron chi connectivity index (χ1n) is 9.46. The highest BCUT2D eigenvalue weighted by molar-refractivity contribution is 6.06. The van der Waals surface area contributed by atoms with Crippen LogP contribution < -0.4 is 10.2 Å². The number of benzene rings is 1. The minimum atomic E-state index is -4.50. The first kappa shape index (κ1) is 19.3. The number of halogens is 3. The molecule has 1 N–H and O–H groups in total. The molecule has 29 heavy (non-hydrogen) atoms. The second-order valence-corrected chi connectivity index (χ2v) is 7.18. The van der Waals surface area contributed by atoms with Crippen molar-refractivity contribution >= 4 is 28.4 Å². The van der Waals surface area contributed by atoms with E-state index in [0.29, 0.717) is 16.8 Å². The van der Waals surface area contributed by atoms with Crippen molar-refractivity contribution in [2.75, 3.05) is 23.3 Å². The van der Waals surface area contributed by atoms with Gasteiger partial charge in [0.2, 0.25) is 0 Å². The summed E-state index contributed by atoms with van der Waals surface area (Å²) in [6.07, 6.45) is -1.49. The summed E-state index contributed by atoms with van der Waals surface area (Å²) >= 11 is 0. The van der Waals surface area contributed by atoms with E-state index in [1.807, 2.05) is 11.8 Å². The van der Waals surface area contributed by atoms with Crippen molar-refractivity contribution in [1.82, 2.24) is 4.98 Å². The fraction of sp³-hybridized carbons (Fsp3) is 0.333. The van der Waals surface area contributed by atoms with Gasteiger partial charge < -0.3 is 14.6 Å². The van der Waals surface area contributed by atoms with E-state index in [2.05, 4.69) is 10.3 Å². The quantitative estimate of drug-likeness (QED) is 0.636. The minimum absolute atomic E-state index is 0.0000981. The summed E-state index contributed by atoms with van der Waals surface area (Å²) in [7, 11) is 0. The molecule has 5 nitrogen and oxygen atoms in total. The van der Waals surface area contributed by atoms with Crippen molar-refractivity contribution in [1.29, 1.82) is 0 Å². The van der Waals surface area contributed by atoms with Crippen LogP contribution in [0.25, 0.3) is 11.1 Å². The molecule has 0 saturated carbocycles. The molecule has 0 bridgehead atoms. The summed E-state index contributed by atoms with van der Waals surface area (Å²) in [5.41, 5.74) is 1.63. The molecule has 1 aliphatic rings. The lowest BCUT2D eigenvalue weighted by Crippen LogP contribution is -2.30. The average Bonchev–Trinajstić information content (AvgIpc) is 3.11. The van der Waals surface area contributed by atoms with Gasteiger partial charge in [-0.1, -0.05) is 0 Å². The Kier molecular flexibility index (Phi) is 4.94. The van der Waals surface area contributed by atoms with Crippen LogP contribution in [0.1, 0.15) is 41.1 Å². The molecule has 0 aliphatic carbocycles. The van der Waals surface area contributed by atoms with E-state index in [4.69, 9.17) is 4.42 Å². The molecule has 1 saturated heterocycles. The number of nitrogens with one attached hydrogen (secondary N) is 1. The lowest BCUT2D eigenvalue weighted by Gasteiger charge is -2.31. The number of piperidine rings is 1. The molecule has 3 heterocycles. The predicted octanol–water partition coefficient (Wildman–Crippen LogP) is 5.40. The number of pyridine rings is 1. The average molecular weight is 403 g/mol. The molecule has 152 valence electrons. The Morgan fingerprint density at radius 1 is 1.10 bits per heavy atom. The zero-order valence-corrected chi connectivity index (χ0v) is 15.8. The highest BCUT2D eigenvalue weighted by Crippen LogP contribution is 2.36. The zero-order chi connectivity index (χ0) is 20.6. The topological polar surface area (TPSA) is 58.4 Å². The number of aryl methyl sites for hydroxylation is 1. The number of rotatable bonds is 3. The van der Waals surface area contributed by atoms with Crippen molar-refractivity contribution in [3.63, 3.8) is 0 Å². The van der Waals surface area contributed by atoms with Crippen LogP contribution in [0.5, 0.6) is 0 Å². The lowest BCUT2D eigenvalue weighted by atomic mass is 10.1. The molecule has 4 rings (SSSR count). The number of hydrogen-bond acceptors (Lipinski definition) is 4. The van der Waals surface area contributed by atoms with Crippen molar-refractivity contribution in [2.24, 2.45) is 0 Å². The van der Waals surface area contributed by atoms with Gasteiger partial charge >= 0.3 is 6.18 Å². The maximum atomic E-state index is 13.2. The fourth-order valence-corrected chi connectivity index (χ4v) is 3.54. The second kappa shape index (κ2) is 7.42. The standard InChI is InChI=1S/C21H20F3N3O2/c1-13-5-8-18-16(25-13)12-19(29-18)20(28)26-15-11-14(21(22,23)24)6-7-17(15)27-9-3-2-4-10-27/h5-8,11-12H,2-4,9-10H2,1H3,(H,26,28). The Hall–Kier alpha value is -3.03. The fourth-order valence-electron chi connectivity index (χ4n) is 3.54. The number of amides is 1.